The van der Waals surface area contributed by atoms with E-state index in [0.29, 0.717) is 18.9 Å². The smallest absolute Gasteiger partial charge is 0.325 e. The standard InChI is InChI=1S/C13H23NO3/c1-4-11-5-6-12(15)14(8-7-11)9-13(16)17-10(2)3/h10-11H,4-9H2,1-3H3. The highest BCUT2D eigenvalue weighted by Gasteiger charge is 2.23. The SMILES string of the molecule is CCC1CCC(=O)N(CC(=O)OC(C)C)CC1. The molecule has 0 aromatic rings. The summed E-state index contributed by atoms with van der Waals surface area (Å²) in [6.45, 7) is 6.57. The molecule has 98 valence electrons. The molecule has 1 aliphatic heterocycles. The summed E-state index contributed by atoms with van der Waals surface area (Å²) in [5.74, 6) is 0.398. The van der Waals surface area contributed by atoms with Crippen LogP contribution in [0, 0.1) is 5.92 Å². The largest absolute Gasteiger partial charge is 0.462 e. The van der Waals surface area contributed by atoms with Crippen LogP contribution in [0.15, 0.2) is 0 Å². The first kappa shape index (κ1) is 14.0. The third kappa shape index (κ3) is 4.75. The van der Waals surface area contributed by atoms with E-state index in [0.717, 1.165) is 19.3 Å². The highest BCUT2D eigenvalue weighted by atomic mass is 16.5. The van der Waals surface area contributed by atoms with Crippen molar-refractivity contribution in [2.75, 3.05) is 13.1 Å². The summed E-state index contributed by atoms with van der Waals surface area (Å²) in [7, 11) is 0. The average molecular weight is 241 g/mol. The van der Waals surface area contributed by atoms with Gasteiger partial charge in [-0.2, -0.15) is 0 Å². The van der Waals surface area contributed by atoms with Crippen LogP contribution in [-0.4, -0.2) is 36.0 Å². The van der Waals surface area contributed by atoms with E-state index in [4.69, 9.17) is 4.74 Å². The van der Waals surface area contributed by atoms with E-state index in [1.54, 1.807) is 4.90 Å². The Morgan fingerprint density at radius 3 is 2.76 bits per heavy atom. The second-order valence-electron chi connectivity index (χ2n) is 4.96. The Kier molecular flexibility index (Phi) is 5.45. The van der Waals surface area contributed by atoms with Gasteiger partial charge in [-0.1, -0.05) is 13.3 Å². The van der Waals surface area contributed by atoms with Crippen LogP contribution in [0.1, 0.15) is 46.5 Å². The summed E-state index contributed by atoms with van der Waals surface area (Å²) < 4.78 is 5.06. The van der Waals surface area contributed by atoms with Crippen molar-refractivity contribution in [2.45, 2.75) is 52.6 Å². The molecule has 1 fully saturated rings. The van der Waals surface area contributed by atoms with Gasteiger partial charge in [-0.3, -0.25) is 9.59 Å². The molecule has 0 saturated carbocycles. The lowest BCUT2D eigenvalue weighted by Crippen LogP contribution is -2.36. The number of hydrogen-bond acceptors (Lipinski definition) is 3. The van der Waals surface area contributed by atoms with E-state index in [-0.39, 0.29) is 24.5 Å². The minimum absolute atomic E-state index is 0.0849. The molecule has 1 aliphatic rings. The van der Waals surface area contributed by atoms with Gasteiger partial charge in [-0.05, 0) is 32.6 Å². The van der Waals surface area contributed by atoms with Crippen molar-refractivity contribution in [3.05, 3.63) is 0 Å². The Labute approximate surface area is 103 Å². The highest BCUT2D eigenvalue weighted by molar-refractivity contribution is 5.82. The zero-order valence-electron chi connectivity index (χ0n) is 11.1. The zero-order valence-corrected chi connectivity index (χ0v) is 11.1. The van der Waals surface area contributed by atoms with Crippen LogP contribution in [0.25, 0.3) is 0 Å². The molecular formula is C13H23NO3. The maximum Gasteiger partial charge on any atom is 0.325 e. The lowest BCUT2D eigenvalue weighted by Gasteiger charge is -2.20. The molecule has 0 bridgehead atoms. The summed E-state index contributed by atoms with van der Waals surface area (Å²) in [6, 6.07) is 0. The van der Waals surface area contributed by atoms with E-state index >= 15 is 0 Å². The fourth-order valence-electron chi connectivity index (χ4n) is 2.12. The first-order valence-corrected chi connectivity index (χ1v) is 6.50. The van der Waals surface area contributed by atoms with Gasteiger partial charge in [0, 0.05) is 13.0 Å². The van der Waals surface area contributed by atoms with Crippen molar-refractivity contribution >= 4 is 11.9 Å². The molecule has 1 rings (SSSR count). The predicted octanol–water partition coefficient (Wildman–Crippen LogP) is 1.98. The molecule has 0 radical (unpaired) electrons. The van der Waals surface area contributed by atoms with Gasteiger partial charge in [0.25, 0.3) is 0 Å². The third-order valence-electron chi connectivity index (χ3n) is 3.19. The van der Waals surface area contributed by atoms with Crippen LogP contribution in [0.3, 0.4) is 0 Å². The van der Waals surface area contributed by atoms with Gasteiger partial charge in [0.1, 0.15) is 6.54 Å². The first-order valence-electron chi connectivity index (χ1n) is 6.50. The molecule has 4 nitrogen and oxygen atoms in total. The fraction of sp³-hybridized carbons (Fsp3) is 0.846. The maximum absolute atomic E-state index is 11.8. The number of likely N-dealkylation sites (tertiary alicyclic amines) is 1. The van der Waals surface area contributed by atoms with Crippen LogP contribution >= 0.6 is 0 Å². The van der Waals surface area contributed by atoms with Crippen molar-refractivity contribution < 1.29 is 14.3 Å². The monoisotopic (exact) mass is 241 g/mol. The topological polar surface area (TPSA) is 46.6 Å². The molecule has 0 aliphatic carbocycles. The molecule has 1 heterocycles. The van der Waals surface area contributed by atoms with Crippen molar-refractivity contribution in [2.24, 2.45) is 5.92 Å². The fourth-order valence-corrected chi connectivity index (χ4v) is 2.12. The Bertz CT molecular complexity index is 276. The van der Waals surface area contributed by atoms with Crippen LogP contribution in [-0.2, 0) is 14.3 Å². The second kappa shape index (κ2) is 6.62. The lowest BCUT2D eigenvalue weighted by molar-refractivity contribution is -0.152. The van der Waals surface area contributed by atoms with Crippen molar-refractivity contribution in [1.29, 1.82) is 0 Å². The summed E-state index contributed by atoms with van der Waals surface area (Å²) in [5.41, 5.74) is 0. The van der Waals surface area contributed by atoms with E-state index in [1.807, 2.05) is 13.8 Å². The second-order valence-corrected chi connectivity index (χ2v) is 4.96. The van der Waals surface area contributed by atoms with Crippen LogP contribution in [0.5, 0.6) is 0 Å². The van der Waals surface area contributed by atoms with E-state index < -0.39 is 0 Å². The number of carbonyl (C=O) groups excluding carboxylic acids is 2. The van der Waals surface area contributed by atoms with Gasteiger partial charge in [-0.25, -0.2) is 0 Å². The summed E-state index contributed by atoms with van der Waals surface area (Å²) in [6.07, 6.45) is 3.50. The van der Waals surface area contributed by atoms with Crippen molar-refractivity contribution in [1.82, 2.24) is 4.90 Å². The summed E-state index contributed by atoms with van der Waals surface area (Å²) in [4.78, 5) is 25.0. The quantitative estimate of drug-likeness (QED) is 0.707. The molecule has 1 saturated heterocycles. The molecule has 1 amide bonds. The summed E-state index contributed by atoms with van der Waals surface area (Å²) >= 11 is 0. The predicted molar refractivity (Wildman–Crippen MR) is 65.4 cm³/mol. The van der Waals surface area contributed by atoms with Crippen LogP contribution in [0.2, 0.25) is 0 Å². The van der Waals surface area contributed by atoms with Gasteiger partial charge in [0.15, 0.2) is 0 Å². The molecule has 1 atom stereocenters. The van der Waals surface area contributed by atoms with Crippen molar-refractivity contribution in [3.8, 4) is 0 Å². The summed E-state index contributed by atoms with van der Waals surface area (Å²) in [5, 5.41) is 0. The lowest BCUT2D eigenvalue weighted by atomic mass is 9.98. The molecule has 0 N–H and O–H groups in total. The number of hydrogen-bond donors (Lipinski definition) is 0. The van der Waals surface area contributed by atoms with Gasteiger partial charge in [0.05, 0.1) is 6.10 Å². The molecule has 4 heteroatoms. The van der Waals surface area contributed by atoms with E-state index in [2.05, 4.69) is 6.92 Å². The number of carbonyl (C=O) groups is 2. The number of esters is 1. The Morgan fingerprint density at radius 1 is 1.47 bits per heavy atom. The average Bonchev–Trinajstić information content (AvgIpc) is 2.41. The first-order chi connectivity index (χ1) is 8.02. The molecule has 0 aromatic carbocycles. The van der Waals surface area contributed by atoms with Gasteiger partial charge in [-0.15, -0.1) is 0 Å². The van der Waals surface area contributed by atoms with Gasteiger partial charge < -0.3 is 9.64 Å². The van der Waals surface area contributed by atoms with Gasteiger partial charge in [0.2, 0.25) is 5.91 Å². The van der Waals surface area contributed by atoms with Gasteiger partial charge >= 0.3 is 5.97 Å². The molecule has 0 aromatic heterocycles. The minimum atomic E-state index is -0.303. The number of amides is 1. The number of nitrogens with zero attached hydrogens (tertiary/aromatic N) is 1. The Balaban J connectivity index is 2.46. The molecule has 0 spiro atoms. The Hall–Kier alpha value is -1.06. The van der Waals surface area contributed by atoms with Crippen LogP contribution < -0.4 is 0 Å². The highest BCUT2D eigenvalue weighted by Crippen LogP contribution is 2.20. The maximum atomic E-state index is 11.8. The van der Waals surface area contributed by atoms with Crippen molar-refractivity contribution in [3.63, 3.8) is 0 Å². The normalized spacial score (nSPS) is 21.5. The minimum Gasteiger partial charge on any atom is -0.462 e. The Morgan fingerprint density at radius 2 is 2.18 bits per heavy atom. The van der Waals surface area contributed by atoms with E-state index in [1.165, 1.54) is 0 Å². The number of ether oxygens (including phenoxy) is 1. The zero-order chi connectivity index (χ0) is 12.8. The molecular weight excluding hydrogens is 218 g/mol. The molecule has 1 unspecified atom stereocenters. The molecule has 17 heavy (non-hydrogen) atoms. The number of rotatable bonds is 4. The van der Waals surface area contributed by atoms with Crippen LogP contribution in [0.4, 0.5) is 0 Å². The van der Waals surface area contributed by atoms with E-state index in [9.17, 15) is 9.59 Å². The third-order valence-corrected chi connectivity index (χ3v) is 3.19.